The smallest absolute Gasteiger partial charge is 0.312 e. The van der Waals surface area contributed by atoms with E-state index in [-0.39, 0.29) is 11.4 Å². The Hall–Kier alpha value is -1.73. The van der Waals surface area contributed by atoms with Gasteiger partial charge in [0.15, 0.2) is 5.75 Å². The van der Waals surface area contributed by atoms with Crippen molar-refractivity contribution in [3.8, 4) is 5.75 Å². The van der Waals surface area contributed by atoms with E-state index in [0.717, 1.165) is 28.2 Å². The highest BCUT2D eigenvalue weighted by molar-refractivity contribution is 7.18. The highest BCUT2D eigenvalue weighted by atomic mass is 32.1. The first-order chi connectivity index (χ1) is 9.61. The van der Waals surface area contributed by atoms with E-state index in [1.54, 1.807) is 6.07 Å². The number of hydrogen-bond donors (Lipinski definition) is 1. The van der Waals surface area contributed by atoms with E-state index in [2.05, 4.69) is 17.2 Å². The summed E-state index contributed by atoms with van der Waals surface area (Å²) in [5.74, 6) is 0.283. The number of hydrogen-bond acceptors (Lipinski definition) is 6. The van der Waals surface area contributed by atoms with Crippen LogP contribution in [0, 0.1) is 17.0 Å². The number of aryl methyl sites for hydroxylation is 1. The number of nitro groups is 1. The van der Waals surface area contributed by atoms with Crippen LogP contribution in [0.1, 0.15) is 18.4 Å². The molecule has 0 atom stereocenters. The second kappa shape index (κ2) is 6.62. The quantitative estimate of drug-likeness (QED) is 0.483. The summed E-state index contributed by atoms with van der Waals surface area (Å²) in [5, 5.41) is 15.2. The van der Waals surface area contributed by atoms with E-state index < -0.39 is 4.92 Å². The topological polar surface area (TPSA) is 77.3 Å². The molecule has 2 aromatic rings. The van der Waals surface area contributed by atoms with Gasteiger partial charge >= 0.3 is 5.69 Å². The van der Waals surface area contributed by atoms with E-state index in [9.17, 15) is 10.1 Å². The Balaban J connectivity index is 2.16. The zero-order chi connectivity index (χ0) is 14.5. The molecule has 0 radical (unpaired) electrons. The Labute approximate surface area is 120 Å². The van der Waals surface area contributed by atoms with Crippen molar-refractivity contribution in [1.82, 2.24) is 10.3 Å². The number of fused-ring (bicyclic) bond motifs is 1. The second-order valence-electron chi connectivity index (χ2n) is 4.38. The summed E-state index contributed by atoms with van der Waals surface area (Å²) in [6, 6.07) is 3.19. The molecular weight excluding hydrogens is 278 g/mol. The van der Waals surface area contributed by atoms with Crippen LogP contribution in [0.15, 0.2) is 12.1 Å². The van der Waals surface area contributed by atoms with Crippen molar-refractivity contribution in [1.29, 1.82) is 0 Å². The average Bonchev–Trinajstić information content (AvgIpc) is 2.76. The first-order valence-electron chi connectivity index (χ1n) is 6.51. The van der Waals surface area contributed by atoms with Crippen LogP contribution < -0.4 is 10.1 Å². The lowest BCUT2D eigenvalue weighted by Gasteiger charge is -2.07. The molecule has 0 aliphatic carbocycles. The molecule has 20 heavy (non-hydrogen) atoms. The third-order valence-corrected chi connectivity index (χ3v) is 3.67. The highest BCUT2D eigenvalue weighted by Crippen LogP contribution is 2.34. The fourth-order valence-corrected chi connectivity index (χ4v) is 2.69. The van der Waals surface area contributed by atoms with E-state index >= 15 is 0 Å². The molecule has 0 amide bonds. The summed E-state index contributed by atoms with van der Waals surface area (Å²) < 4.78 is 6.33. The van der Waals surface area contributed by atoms with Crippen molar-refractivity contribution in [2.75, 3.05) is 19.7 Å². The van der Waals surface area contributed by atoms with E-state index in [4.69, 9.17) is 4.74 Å². The first-order valence-corrected chi connectivity index (χ1v) is 7.32. The molecule has 0 saturated carbocycles. The lowest BCUT2D eigenvalue weighted by Crippen LogP contribution is -2.21. The van der Waals surface area contributed by atoms with E-state index in [1.165, 1.54) is 17.4 Å². The SMILES string of the molecule is CCCNCCOc1cc2nc(C)sc2cc1[N+](=O)[O-]. The van der Waals surface area contributed by atoms with Gasteiger partial charge in [0.05, 0.1) is 20.1 Å². The minimum absolute atomic E-state index is 0.00311. The monoisotopic (exact) mass is 295 g/mol. The Morgan fingerprint density at radius 3 is 2.95 bits per heavy atom. The number of ether oxygens (including phenoxy) is 1. The molecule has 0 unspecified atom stereocenters. The number of rotatable bonds is 7. The molecule has 6 nitrogen and oxygen atoms in total. The maximum Gasteiger partial charge on any atom is 0.312 e. The predicted octanol–water partition coefficient (Wildman–Crippen LogP) is 2.89. The zero-order valence-electron chi connectivity index (χ0n) is 11.5. The van der Waals surface area contributed by atoms with Crippen LogP contribution in [0.5, 0.6) is 5.75 Å². The van der Waals surface area contributed by atoms with Gasteiger partial charge in [-0.1, -0.05) is 6.92 Å². The van der Waals surface area contributed by atoms with Crippen molar-refractivity contribution in [2.45, 2.75) is 20.3 Å². The largest absolute Gasteiger partial charge is 0.485 e. The van der Waals surface area contributed by atoms with E-state index in [1.807, 2.05) is 6.92 Å². The van der Waals surface area contributed by atoms with Crippen LogP contribution >= 0.6 is 11.3 Å². The van der Waals surface area contributed by atoms with Gasteiger partial charge in [-0.25, -0.2) is 4.98 Å². The number of aromatic nitrogens is 1. The number of nitro benzene ring substituents is 1. The van der Waals surface area contributed by atoms with E-state index in [0.29, 0.717) is 13.2 Å². The molecule has 2 rings (SSSR count). The normalized spacial score (nSPS) is 10.9. The maximum atomic E-state index is 11.1. The summed E-state index contributed by atoms with van der Waals surface area (Å²) in [7, 11) is 0. The second-order valence-corrected chi connectivity index (χ2v) is 5.61. The molecular formula is C13H17N3O3S. The van der Waals surface area contributed by atoms with Gasteiger partial charge < -0.3 is 10.1 Å². The highest BCUT2D eigenvalue weighted by Gasteiger charge is 2.18. The Morgan fingerprint density at radius 2 is 2.25 bits per heavy atom. The van der Waals surface area contributed by atoms with Gasteiger partial charge in [-0.3, -0.25) is 10.1 Å². The molecule has 1 aromatic heterocycles. The number of nitrogens with one attached hydrogen (secondary N) is 1. The van der Waals surface area contributed by atoms with Crippen molar-refractivity contribution in [2.24, 2.45) is 0 Å². The summed E-state index contributed by atoms with van der Waals surface area (Å²) >= 11 is 1.44. The maximum absolute atomic E-state index is 11.1. The first kappa shape index (κ1) is 14.7. The Kier molecular flexibility index (Phi) is 4.86. The fourth-order valence-electron chi connectivity index (χ4n) is 1.85. The molecule has 1 aromatic carbocycles. The Morgan fingerprint density at radius 1 is 1.45 bits per heavy atom. The zero-order valence-corrected chi connectivity index (χ0v) is 12.3. The Bertz CT molecular complexity index is 612. The number of thiazole rings is 1. The van der Waals surface area contributed by atoms with Crippen LogP contribution in [0.4, 0.5) is 5.69 Å². The van der Waals surface area contributed by atoms with Crippen molar-refractivity contribution < 1.29 is 9.66 Å². The lowest BCUT2D eigenvalue weighted by molar-refractivity contribution is -0.385. The predicted molar refractivity (Wildman–Crippen MR) is 79.7 cm³/mol. The number of benzene rings is 1. The molecule has 0 bridgehead atoms. The summed E-state index contributed by atoms with van der Waals surface area (Å²) in [6.45, 7) is 5.94. The summed E-state index contributed by atoms with van der Waals surface area (Å²) in [4.78, 5) is 15.0. The van der Waals surface area contributed by atoms with Crippen LogP contribution in [0.25, 0.3) is 10.2 Å². The molecule has 1 heterocycles. The molecule has 1 N–H and O–H groups in total. The van der Waals surface area contributed by atoms with Gasteiger partial charge in [0, 0.05) is 18.7 Å². The molecule has 7 heteroatoms. The lowest BCUT2D eigenvalue weighted by atomic mass is 10.3. The van der Waals surface area contributed by atoms with Gasteiger partial charge in [0.1, 0.15) is 6.61 Å². The molecule has 0 aliphatic heterocycles. The van der Waals surface area contributed by atoms with Crippen LogP contribution in [-0.4, -0.2) is 29.6 Å². The minimum Gasteiger partial charge on any atom is -0.485 e. The average molecular weight is 295 g/mol. The molecule has 108 valence electrons. The van der Waals surface area contributed by atoms with Crippen molar-refractivity contribution >= 4 is 27.2 Å². The van der Waals surface area contributed by atoms with Crippen LogP contribution in [-0.2, 0) is 0 Å². The van der Waals surface area contributed by atoms with Gasteiger partial charge in [-0.2, -0.15) is 0 Å². The minimum atomic E-state index is -0.413. The molecule has 0 saturated heterocycles. The fraction of sp³-hybridized carbons (Fsp3) is 0.462. The standard InChI is InChI=1S/C13H17N3O3S/c1-3-4-14-5-6-19-12-7-10-13(20-9(2)15-10)8-11(12)16(17)18/h7-8,14H,3-6H2,1-2H3. The van der Waals surface area contributed by atoms with Gasteiger partial charge in [-0.05, 0) is 19.9 Å². The summed E-state index contributed by atoms with van der Waals surface area (Å²) in [6.07, 6.45) is 1.05. The van der Waals surface area contributed by atoms with Gasteiger partial charge in [0.25, 0.3) is 0 Å². The third-order valence-electron chi connectivity index (χ3n) is 2.74. The molecule has 0 spiro atoms. The molecule has 0 fully saturated rings. The van der Waals surface area contributed by atoms with Crippen LogP contribution in [0.2, 0.25) is 0 Å². The van der Waals surface area contributed by atoms with Gasteiger partial charge in [-0.15, -0.1) is 11.3 Å². The van der Waals surface area contributed by atoms with Crippen molar-refractivity contribution in [3.63, 3.8) is 0 Å². The number of nitrogens with zero attached hydrogens (tertiary/aromatic N) is 2. The van der Waals surface area contributed by atoms with Crippen molar-refractivity contribution in [3.05, 3.63) is 27.3 Å². The third kappa shape index (κ3) is 3.43. The van der Waals surface area contributed by atoms with Gasteiger partial charge in [0.2, 0.25) is 0 Å². The molecule has 0 aliphatic rings. The summed E-state index contributed by atoms with van der Waals surface area (Å²) in [5.41, 5.74) is 0.742. The van der Waals surface area contributed by atoms with Crippen LogP contribution in [0.3, 0.4) is 0 Å².